The van der Waals surface area contributed by atoms with E-state index in [0.29, 0.717) is 5.82 Å². The van der Waals surface area contributed by atoms with Gasteiger partial charge in [-0.1, -0.05) is 35.0 Å². The first-order chi connectivity index (χ1) is 8.65. The highest BCUT2D eigenvalue weighted by molar-refractivity contribution is 5.78. The zero-order chi connectivity index (χ0) is 13.0. The number of carbonyl (C=O) groups excluding carboxylic acids is 1. The third kappa shape index (κ3) is 3.13. The molecule has 1 unspecified atom stereocenters. The maximum Gasteiger partial charge on any atom is 0.228 e. The molecule has 0 fully saturated rings. The summed E-state index contributed by atoms with van der Waals surface area (Å²) in [5.41, 5.74) is 2.27. The number of aryl methyl sites for hydroxylation is 1. The number of carbonyl (C=O) groups is 1. The van der Waals surface area contributed by atoms with Crippen LogP contribution in [-0.4, -0.2) is 26.5 Å². The quantitative estimate of drug-likeness (QED) is 0.839. The van der Waals surface area contributed by atoms with Gasteiger partial charge >= 0.3 is 0 Å². The molecule has 0 radical (unpaired) electrons. The average molecular weight is 245 g/mol. The number of tetrazole rings is 1. The number of aromatic nitrogens is 4. The van der Waals surface area contributed by atoms with Crippen molar-refractivity contribution in [2.24, 2.45) is 0 Å². The van der Waals surface area contributed by atoms with Gasteiger partial charge in [0.15, 0.2) is 5.82 Å². The Hall–Kier alpha value is -2.24. The number of H-pyrrole nitrogens is 1. The molecule has 2 aromatic rings. The molecule has 0 spiro atoms. The van der Waals surface area contributed by atoms with E-state index in [1.54, 1.807) is 0 Å². The number of aromatic amines is 1. The maximum atomic E-state index is 11.7. The predicted molar refractivity (Wildman–Crippen MR) is 65.6 cm³/mol. The minimum Gasteiger partial charge on any atom is -0.349 e. The lowest BCUT2D eigenvalue weighted by Crippen LogP contribution is -2.28. The lowest BCUT2D eigenvalue weighted by atomic mass is 10.1. The molecule has 0 saturated carbocycles. The van der Waals surface area contributed by atoms with Crippen molar-refractivity contribution in [3.63, 3.8) is 0 Å². The Labute approximate surface area is 105 Å². The van der Waals surface area contributed by atoms with Crippen LogP contribution < -0.4 is 5.32 Å². The van der Waals surface area contributed by atoms with E-state index in [0.717, 1.165) is 5.56 Å². The van der Waals surface area contributed by atoms with Crippen LogP contribution in [0.4, 0.5) is 0 Å². The van der Waals surface area contributed by atoms with E-state index < -0.39 is 0 Å². The van der Waals surface area contributed by atoms with E-state index >= 15 is 0 Å². The van der Waals surface area contributed by atoms with Gasteiger partial charge < -0.3 is 5.32 Å². The van der Waals surface area contributed by atoms with Crippen molar-refractivity contribution < 1.29 is 4.79 Å². The molecule has 0 aliphatic heterocycles. The summed E-state index contributed by atoms with van der Waals surface area (Å²) in [4.78, 5) is 11.7. The molecule has 0 saturated heterocycles. The second kappa shape index (κ2) is 5.39. The zero-order valence-electron chi connectivity index (χ0n) is 10.3. The SMILES string of the molecule is Cc1ccc(C(C)NC(=O)Cc2nn[nH]n2)cc1. The number of hydrogen-bond acceptors (Lipinski definition) is 4. The fourth-order valence-electron chi connectivity index (χ4n) is 1.63. The van der Waals surface area contributed by atoms with Crippen molar-refractivity contribution >= 4 is 5.91 Å². The molecule has 1 aromatic carbocycles. The Kier molecular flexibility index (Phi) is 3.66. The molecule has 1 heterocycles. The molecule has 94 valence electrons. The lowest BCUT2D eigenvalue weighted by molar-refractivity contribution is -0.121. The number of amides is 1. The molecule has 6 heteroatoms. The van der Waals surface area contributed by atoms with Gasteiger partial charge in [0, 0.05) is 0 Å². The lowest BCUT2D eigenvalue weighted by Gasteiger charge is -2.13. The van der Waals surface area contributed by atoms with E-state index in [2.05, 4.69) is 25.9 Å². The number of nitrogens with one attached hydrogen (secondary N) is 2. The van der Waals surface area contributed by atoms with Gasteiger partial charge in [0.05, 0.1) is 12.5 Å². The normalized spacial score (nSPS) is 12.1. The van der Waals surface area contributed by atoms with E-state index in [9.17, 15) is 4.79 Å². The van der Waals surface area contributed by atoms with Crippen LogP contribution >= 0.6 is 0 Å². The molecule has 0 aliphatic carbocycles. The van der Waals surface area contributed by atoms with Crippen LogP contribution in [0.2, 0.25) is 0 Å². The molecule has 2 rings (SSSR count). The number of benzene rings is 1. The fourth-order valence-corrected chi connectivity index (χ4v) is 1.63. The van der Waals surface area contributed by atoms with Crippen LogP contribution in [0.5, 0.6) is 0 Å². The Morgan fingerprint density at radius 1 is 1.39 bits per heavy atom. The highest BCUT2D eigenvalue weighted by atomic mass is 16.1. The van der Waals surface area contributed by atoms with Crippen molar-refractivity contribution in [1.29, 1.82) is 0 Å². The minimum atomic E-state index is -0.121. The summed E-state index contributed by atoms with van der Waals surface area (Å²) in [7, 11) is 0. The third-order valence-electron chi connectivity index (χ3n) is 2.66. The Morgan fingerprint density at radius 3 is 2.72 bits per heavy atom. The number of rotatable bonds is 4. The summed E-state index contributed by atoms with van der Waals surface area (Å²) in [6, 6.07) is 8.03. The molecule has 0 aliphatic rings. The molecule has 2 N–H and O–H groups in total. The van der Waals surface area contributed by atoms with Crippen LogP contribution in [0, 0.1) is 6.92 Å². The summed E-state index contributed by atoms with van der Waals surface area (Å²) in [6.07, 6.45) is 0.132. The standard InChI is InChI=1S/C12H15N5O/c1-8-3-5-10(6-4-8)9(2)13-12(18)7-11-14-16-17-15-11/h3-6,9H,7H2,1-2H3,(H,13,18)(H,14,15,16,17). The second-order valence-electron chi connectivity index (χ2n) is 4.20. The summed E-state index contributed by atoms with van der Waals surface area (Å²) < 4.78 is 0. The summed E-state index contributed by atoms with van der Waals surface area (Å²) in [6.45, 7) is 3.97. The summed E-state index contributed by atoms with van der Waals surface area (Å²) in [5, 5.41) is 16.1. The number of nitrogens with zero attached hydrogens (tertiary/aromatic N) is 3. The van der Waals surface area contributed by atoms with Crippen molar-refractivity contribution in [2.75, 3.05) is 0 Å². The van der Waals surface area contributed by atoms with E-state index in [1.807, 2.05) is 38.1 Å². The molecule has 18 heavy (non-hydrogen) atoms. The molecule has 1 amide bonds. The smallest absolute Gasteiger partial charge is 0.228 e. The Balaban J connectivity index is 1.92. The summed E-state index contributed by atoms with van der Waals surface area (Å²) >= 11 is 0. The highest BCUT2D eigenvalue weighted by Gasteiger charge is 2.11. The topological polar surface area (TPSA) is 83.6 Å². The van der Waals surface area contributed by atoms with E-state index in [1.165, 1.54) is 5.56 Å². The van der Waals surface area contributed by atoms with Crippen molar-refractivity contribution in [3.8, 4) is 0 Å². The molecule has 1 atom stereocenters. The van der Waals surface area contributed by atoms with Gasteiger partial charge in [0.1, 0.15) is 0 Å². The molecule has 1 aromatic heterocycles. The van der Waals surface area contributed by atoms with Gasteiger partial charge in [-0.2, -0.15) is 5.21 Å². The van der Waals surface area contributed by atoms with Gasteiger partial charge in [-0.3, -0.25) is 4.79 Å². The van der Waals surface area contributed by atoms with Crippen molar-refractivity contribution in [2.45, 2.75) is 26.3 Å². The first kappa shape index (κ1) is 12.2. The van der Waals surface area contributed by atoms with E-state index in [-0.39, 0.29) is 18.4 Å². The number of hydrogen-bond donors (Lipinski definition) is 2. The summed E-state index contributed by atoms with van der Waals surface area (Å²) in [5.74, 6) is 0.271. The largest absolute Gasteiger partial charge is 0.349 e. The average Bonchev–Trinajstić information content (AvgIpc) is 2.82. The van der Waals surface area contributed by atoms with Crippen LogP contribution in [-0.2, 0) is 11.2 Å². The van der Waals surface area contributed by atoms with Gasteiger partial charge in [-0.25, -0.2) is 0 Å². The maximum absolute atomic E-state index is 11.7. The minimum absolute atomic E-state index is 0.0370. The van der Waals surface area contributed by atoms with Gasteiger partial charge in [-0.15, -0.1) is 10.2 Å². The molecule has 0 bridgehead atoms. The van der Waals surface area contributed by atoms with Crippen LogP contribution in [0.25, 0.3) is 0 Å². The zero-order valence-corrected chi connectivity index (χ0v) is 10.3. The van der Waals surface area contributed by atoms with E-state index in [4.69, 9.17) is 0 Å². The van der Waals surface area contributed by atoms with Crippen LogP contribution in [0.15, 0.2) is 24.3 Å². The first-order valence-corrected chi connectivity index (χ1v) is 5.73. The molecular weight excluding hydrogens is 230 g/mol. The van der Waals surface area contributed by atoms with Crippen molar-refractivity contribution in [3.05, 3.63) is 41.2 Å². The fraction of sp³-hybridized carbons (Fsp3) is 0.333. The Bertz CT molecular complexity index is 506. The highest BCUT2D eigenvalue weighted by Crippen LogP contribution is 2.12. The molecule has 6 nitrogen and oxygen atoms in total. The second-order valence-corrected chi connectivity index (χ2v) is 4.20. The van der Waals surface area contributed by atoms with Gasteiger partial charge in [0.25, 0.3) is 0 Å². The monoisotopic (exact) mass is 245 g/mol. The van der Waals surface area contributed by atoms with Crippen LogP contribution in [0.1, 0.15) is 29.9 Å². The first-order valence-electron chi connectivity index (χ1n) is 5.73. The molecular formula is C12H15N5O. The van der Waals surface area contributed by atoms with Crippen molar-refractivity contribution in [1.82, 2.24) is 25.9 Å². The van der Waals surface area contributed by atoms with Gasteiger partial charge in [0.2, 0.25) is 5.91 Å². The Morgan fingerprint density at radius 2 is 2.11 bits per heavy atom. The van der Waals surface area contributed by atoms with Gasteiger partial charge in [-0.05, 0) is 19.4 Å². The van der Waals surface area contributed by atoms with Crippen LogP contribution in [0.3, 0.4) is 0 Å². The third-order valence-corrected chi connectivity index (χ3v) is 2.66. The predicted octanol–water partition coefficient (Wildman–Crippen LogP) is 0.928.